The Morgan fingerprint density at radius 1 is 1.38 bits per heavy atom. The lowest BCUT2D eigenvalue weighted by molar-refractivity contribution is -0.129. The molecule has 0 radical (unpaired) electrons. The molecule has 3 rings (SSSR count). The number of hydrogen-bond acceptors (Lipinski definition) is 4. The molecule has 1 heterocycles. The van der Waals surface area contributed by atoms with E-state index in [9.17, 15) is 4.79 Å². The first-order valence-electron chi connectivity index (χ1n) is 7.71. The number of thiazole rings is 1. The summed E-state index contributed by atoms with van der Waals surface area (Å²) in [7, 11) is 0. The van der Waals surface area contributed by atoms with Gasteiger partial charge in [0.25, 0.3) is 0 Å². The maximum absolute atomic E-state index is 12.8. The molecule has 21 heavy (non-hydrogen) atoms. The van der Waals surface area contributed by atoms with Crippen LogP contribution in [0.4, 0.5) is 0 Å². The van der Waals surface area contributed by atoms with Crippen LogP contribution in [0.15, 0.2) is 24.3 Å². The standard InChI is InChI=1S/C17H22N2OS/c1-12-6-8-17(11-18,9-7-12)15(20)10-16-19-13-4-2-3-5-14(13)21-16/h2-5,12H,6-11,18H2,1H3. The molecule has 0 amide bonds. The van der Waals surface area contributed by atoms with E-state index in [1.165, 1.54) is 0 Å². The summed E-state index contributed by atoms with van der Waals surface area (Å²) in [5.41, 5.74) is 6.66. The van der Waals surface area contributed by atoms with Crippen molar-refractivity contribution in [1.29, 1.82) is 0 Å². The fraction of sp³-hybridized carbons (Fsp3) is 0.529. The van der Waals surface area contributed by atoms with Crippen molar-refractivity contribution in [3.05, 3.63) is 29.3 Å². The van der Waals surface area contributed by atoms with E-state index < -0.39 is 0 Å². The van der Waals surface area contributed by atoms with Crippen molar-refractivity contribution in [3.63, 3.8) is 0 Å². The molecule has 1 aliphatic rings. The molecule has 112 valence electrons. The Hall–Kier alpha value is -1.26. The van der Waals surface area contributed by atoms with Crippen LogP contribution in [0.5, 0.6) is 0 Å². The van der Waals surface area contributed by atoms with Crippen LogP contribution in [0.2, 0.25) is 0 Å². The van der Waals surface area contributed by atoms with Gasteiger partial charge in [0.05, 0.1) is 16.6 Å². The minimum Gasteiger partial charge on any atom is -0.329 e. The van der Waals surface area contributed by atoms with Crippen LogP contribution in [0.25, 0.3) is 10.2 Å². The van der Waals surface area contributed by atoms with E-state index in [0.29, 0.717) is 13.0 Å². The maximum atomic E-state index is 12.8. The molecular formula is C17H22N2OS. The minimum absolute atomic E-state index is 0.288. The number of benzene rings is 1. The van der Waals surface area contributed by atoms with E-state index in [4.69, 9.17) is 5.73 Å². The first-order chi connectivity index (χ1) is 10.1. The van der Waals surface area contributed by atoms with Crippen LogP contribution in [0, 0.1) is 11.3 Å². The second-order valence-corrected chi connectivity index (χ2v) is 7.46. The summed E-state index contributed by atoms with van der Waals surface area (Å²) in [5.74, 6) is 1.01. The molecule has 4 heteroatoms. The molecule has 3 nitrogen and oxygen atoms in total. The fourth-order valence-electron chi connectivity index (χ4n) is 3.23. The third-order valence-electron chi connectivity index (χ3n) is 4.86. The highest BCUT2D eigenvalue weighted by atomic mass is 32.1. The molecule has 1 fully saturated rings. The van der Waals surface area contributed by atoms with Crippen molar-refractivity contribution in [2.75, 3.05) is 6.54 Å². The Balaban J connectivity index is 1.78. The predicted molar refractivity (Wildman–Crippen MR) is 87.5 cm³/mol. The van der Waals surface area contributed by atoms with Gasteiger partial charge in [-0.15, -0.1) is 11.3 Å². The van der Waals surface area contributed by atoms with Gasteiger partial charge in [-0.1, -0.05) is 19.1 Å². The number of aromatic nitrogens is 1. The number of ketones is 1. The number of fused-ring (bicyclic) bond motifs is 1. The van der Waals surface area contributed by atoms with Crippen LogP contribution < -0.4 is 5.73 Å². The second kappa shape index (κ2) is 5.85. The highest BCUT2D eigenvalue weighted by molar-refractivity contribution is 7.18. The summed E-state index contributed by atoms with van der Waals surface area (Å²) in [6.45, 7) is 2.74. The van der Waals surface area contributed by atoms with Crippen LogP contribution in [-0.2, 0) is 11.2 Å². The number of nitrogens with zero attached hydrogens (tertiary/aromatic N) is 1. The number of nitrogens with two attached hydrogens (primary N) is 1. The predicted octanol–water partition coefficient (Wildman–Crippen LogP) is 3.56. The summed E-state index contributed by atoms with van der Waals surface area (Å²) in [5, 5.41) is 0.924. The van der Waals surface area contributed by atoms with Gasteiger partial charge in [-0.25, -0.2) is 4.98 Å². The zero-order valence-corrected chi connectivity index (χ0v) is 13.3. The largest absolute Gasteiger partial charge is 0.329 e. The van der Waals surface area contributed by atoms with Crippen LogP contribution >= 0.6 is 11.3 Å². The molecule has 2 aromatic rings. The summed E-state index contributed by atoms with van der Waals surface area (Å²) < 4.78 is 1.15. The van der Waals surface area contributed by atoms with Crippen LogP contribution in [0.1, 0.15) is 37.6 Å². The molecule has 0 unspecified atom stereocenters. The molecule has 1 saturated carbocycles. The average molecular weight is 302 g/mol. The monoisotopic (exact) mass is 302 g/mol. The van der Waals surface area contributed by atoms with Gasteiger partial charge in [-0.2, -0.15) is 0 Å². The highest BCUT2D eigenvalue weighted by Gasteiger charge is 2.39. The smallest absolute Gasteiger partial charge is 0.147 e. The van der Waals surface area contributed by atoms with Gasteiger partial charge < -0.3 is 5.73 Å². The number of hydrogen-bond donors (Lipinski definition) is 1. The van der Waals surface area contributed by atoms with Gasteiger partial charge in [-0.05, 0) is 43.7 Å². The number of rotatable bonds is 4. The third kappa shape index (κ3) is 2.87. The maximum Gasteiger partial charge on any atom is 0.147 e. The molecular weight excluding hydrogens is 280 g/mol. The quantitative estimate of drug-likeness (QED) is 0.939. The SMILES string of the molecule is CC1CCC(CN)(C(=O)Cc2nc3ccccc3s2)CC1. The number of para-hydroxylation sites is 1. The lowest BCUT2D eigenvalue weighted by Crippen LogP contribution is -2.42. The van der Waals surface area contributed by atoms with E-state index in [0.717, 1.165) is 46.8 Å². The van der Waals surface area contributed by atoms with Gasteiger partial charge in [0, 0.05) is 12.0 Å². The average Bonchev–Trinajstić information content (AvgIpc) is 2.90. The molecule has 1 aromatic heterocycles. The Bertz CT molecular complexity index is 608. The zero-order valence-electron chi connectivity index (χ0n) is 12.5. The Labute approximate surface area is 129 Å². The Morgan fingerprint density at radius 2 is 2.10 bits per heavy atom. The van der Waals surface area contributed by atoms with Gasteiger partial charge in [-0.3, -0.25) is 4.79 Å². The molecule has 2 N–H and O–H groups in total. The van der Waals surface area contributed by atoms with Crippen LogP contribution in [0.3, 0.4) is 0 Å². The lowest BCUT2D eigenvalue weighted by atomic mass is 9.68. The summed E-state index contributed by atoms with van der Waals surface area (Å²) >= 11 is 1.63. The van der Waals surface area contributed by atoms with Gasteiger partial charge in [0.15, 0.2) is 0 Å². The summed E-state index contributed by atoms with van der Waals surface area (Å²) in [6, 6.07) is 8.05. The van der Waals surface area contributed by atoms with E-state index in [1.807, 2.05) is 18.2 Å². The summed E-state index contributed by atoms with van der Waals surface area (Å²) in [4.78, 5) is 17.4. The number of carbonyl (C=O) groups is 1. The van der Waals surface area contributed by atoms with Crippen molar-refractivity contribution in [2.24, 2.45) is 17.1 Å². The van der Waals surface area contributed by atoms with E-state index >= 15 is 0 Å². The normalized spacial score (nSPS) is 26.1. The fourth-order valence-corrected chi connectivity index (χ4v) is 4.20. The molecule has 0 aliphatic heterocycles. The molecule has 0 bridgehead atoms. The molecule has 0 saturated heterocycles. The topological polar surface area (TPSA) is 56.0 Å². The first-order valence-corrected chi connectivity index (χ1v) is 8.52. The van der Waals surface area contributed by atoms with Crippen molar-refractivity contribution in [3.8, 4) is 0 Å². The van der Waals surface area contributed by atoms with Crippen molar-refractivity contribution >= 4 is 27.3 Å². The Morgan fingerprint density at radius 3 is 2.76 bits per heavy atom. The van der Waals surface area contributed by atoms with Crippen molar-refractivity contribution in [2.45, 2.75) is 39.0 Å². The third-order valence-corrected chi connectivity index (χ3v) is 5.90. The molecule has 1 aromatic carbocycles. The van der Waals surface area contributed by atoms with Crippen molar-refractivity contribution < 1.29 is 4.79 Å². The van der Waals surface area contributed by atoms with Gasteiger partial charge in [0.2, 0.25) is 0 Å². The zero-order chi connectivity index (χ0) is 14.9. The number of carbonyl (C=O) groups excluding carboxylic acids is 1. The molecule has 0 atom stereocenters. The van der Waals surface area contributed by atoms with E-state index in [-0.39, 0.29) is 11.2 Å². The minimum atomic E-state index is -0.301. The van der Waals surface area contributed by atoms with Gasteiger partial charge >= 0.3 is 0 Å². The second-order valence-electron chi connectivity index (χ2n) is 6.34. The van der Waals surface area contributed by atoms with Crippen LogP contribution in [-0.4, -0.2) is 17.3 Å². The van der Waals surface area contributed by atoms with Gasteiger partial charge in [0.1, 0.15) is 10.8 Å². The van der Waals surface area contributed by atoms with E-state index in [1.54, 1.807) is 11.3 Å². The highest BCUT2D eigenvalue weighted by Crippen LogP contribution is 2.40. The molecule has 0 spiro atoms. The molecule has 1 aliphatic carbocycles. The van der Waals surface area contributed by atoms with Crippen molar-refractivity contribution in [1.82, 2.24) is 4.98 Å². The Kier molecular flexibility index (Phi) is 4.09. The van der Waals surface area contributed by atoms with E-state index in [2.05, 4.69) is 18.0 Å². The summed E-state index contributed by atoms with van der Waals surface area (Å²) in [6.07, 6.45) is 4.54. The first kappa shape index (κ1) is 14.7. The lowest BCUT2D eigenvalue weighted by Gasteiger charge is -2.37. The number of Topliss-reactive ketones (excluding diaryl/α,β-unsaturated/α-hetero) is 1.